The number of esters is 1. The maximum atomic E-state index is 12.5. The Balaban J connectivity index is 1.50. The second-order valence-electron chi connectivity index (χ2n) is 6.75. The molecule has 0 aromatic heterocycles. The molecular weight excluding hydrogens is 348 g/mol. The smallest absolute Gasteiger partial charge is 0.329 e. The summed E-state index contributed by atoms with van der Waals surface area (Å²) in [5.41, 5.74) is 0.926. The van der Waals surface area contributed by atoms with Crippen molar-refractivity contribution in [3.05, 3.63) is 48.0 Å². The summed E-state index contributed by atoms with van der Waals surface area (Å²) in [6, 6.07) is 8.29. The van der Waals surface area contributed by atoms with Gasteiger partial charge in [0.2, 0.25) is 11.8 Å². The standard InChI is InChI=1S/C20H22N2O5/c1-13(22-18(24)15-9-5-6-10-16(15)19(22)25)20(26)27-12-17(23)21-11-14-7-3-2-4-8-14/h2-8,13,15-16H,9-12H2,1H3,(H,21,23)/t13-,15-,16+/m0/s1. The summed E-state index contributed by atoms with van der Waals surface area (Å²) in [7, 11) is 0. The number of nitrogens with zero attached hydrogens (tertiary/aromatic N) is 1. The third-order valence-electron chi connectivity index (χ3n) is 4.95. The maximum Gasteiger partial charge on any atom is 0.329 e. The van der Waals surface area contributed by atoms with Gasteiger partial charge in [0.15, 0.2) is 6.61 Å². The van der Waals surface area contributed by atoms with Crippen LogP contribution in [0.2, 0.25) is 0 Å². The van der Waals surface area contributed by atoms with Crippen molar-refractivity contribution in [2.24, 2.45) is 11.8 Å². The van der Waals surface area contributed by atoms with Gasteiger partial charge in [-0.05, 0) is 25.3 Å². The molecule has 0 saturated carbocycles. The van der Waals surface area contributed by atoms with E-state index in [4.69, 9.17) is 4.74 Å². The van der Waals surface area contributed by atoms with E-state index in [0.717, 1.165) is 10.5 Å². The molecule has 7 heteroatoms. The number of ether oxygens (including phenoxy) is 1. The monoisotopic (exact) mass is 370 g/mol. The van der Waals surface area contributed by atoms with Crippen molar-refractivity contribution in [2.45, 2.75) is 32.4 Å². The van der Waals surface area contributed by atoms with E-state index < -0.39 is 36.4 Å². The van der Waals surface area contributed by atoms with Gasteiger partial charge in [-0.1, -0.05) is 42.5 Å². The molecule has 3 atom stereocenters. The summed E-state index contributed by atoms with van der Waals surface area (Å²) in [4.78, 5) is 50.0. The molecule has 1 N–H and O–H groups in total. The van der Waals surface area contributed by atoms with Gasteiger partial charge >= 0.3 is 5.97 Å². The van der Waals surface area contributed by atoms with Gasteiger partial charge in [-0.15, -0.1) is 0 Å². The highest BCUT2D eigenvalue weighted by molar-refractivity contribution is 6.08. The fourth-order valence-electron chi connectivity index (χ4n) is 3.42. The number of carbonyl (C=O) groups excluding carboxylic acids is 4. The average Bonchev–Trinajstić information content (AvgIpc) is 2.95. The Morgan fingerprint density at radius 2 is 1.70 bits per heavy atom. The Morgan fingerprint density at radius 3 is 2.30 bits per heavy atom. The van der Waals surface area contributed by atoms with Gasteiger partial charge in [-0.2, -0.15) is 0 Å². The van der Waals surface area contributed by atoms with Crippen LogP contribution in [0.3, 0.4) is 0 Å². The van der Waals surface area contributed by atoms with Crippen molar-refractivity contribution >= 4 is 23.7 Å². The van der Waals surface area contributed by atoms with Crippen molar-refractivity contribution in [1.29, 1.82) is 0 Å². The first-order chi connectivity index (χ1) is 13.0. The average molecular weight is 370 g/mol. The number of imide groups is 1. The maximum absolute atomic E-state index is 12.5. The van der Waals surface area contributed by atoms with Crippen molar-refractivity contribution < 1.29 is 23.9 Å². The zero-order valence-electron chi connectivity index (χ0n) is 15.1. The Morgan fingerprint density at radius 1 is 1.11 bits per heavy atom. The number of nitrogens with one attached hydrogen (secondary N) is 1. The Hall–Kier alpha value is -2.96. The van der Waals surface area contributed by atoms with E-state index >= 15 is 0 Å². The molecule has 1 aliphatic heterocycles. The van der Waals surface area contributed by atoms with Gasteiger partial charge in [-0.3, -0.25) is 19.3 Å². The molecule has 1 aromatic rings. The van der Waals surface area contributed by atoms with Gasteiger partial charge in [0.25, 0.3) is 5.91 Å². The number of hydrogen-bond acceptors (Lipinski definition) is 5. The number of allylic oxidation sites excluding steroid dienone is 2. The molecule has 1 heterocycles. The number of fused-ring (bicyclic) bond motifs is 1. The zero-order chi connectivity index (χ0) is 19.4. The molecule has 0 unspecified atom stereocenters. The lowest BCUT2D eigenvalue weighted by molar-refractivity contribution is -0.159. The predicted molar refractivity (Wildman–Crippen MR) is 95.9 cm³/mol. The van der Waals surface area contributed by atoms with Crippen LogP contribution >= 0.6 is 0 Å². The van der Waals surface area contributed by atoms with Gasteiger partial charge in [0.05, 0.1) is 11.8 Å². The number of carbonyl (C=O) groups is 4. The normalized spacial score (nSPS) is 22.3. The van der Waals surface area contributed by atoms with Crippen LogP contribution < -0.4 is 5.32 Å². The molecule has 27 heavy (non-hydrogen) atoms. The summed E-state index contributed by atoms with van der Waals surface area (Å²) in [5, 5.41) is 2.65. The summed E-state index contributed by atoms with van der Waals surface area (Å²) >= 11 is 0. The number of rotatable bonds is 6. The van der Waals surface area contributed by atoms with Crippen LogP contribution in [-0.4, -0.2) is 41.2 Å². The van der Waals surface area contributed by atoms with Gasteiger partial charge in [-0.25, -0.2) is 4.79 Å². The van der Waals surface area contributed by atoms with Crippen molar-refractivity contribution in [2.75, 3.05) is 6.61 Å². The van der Waals surface area contributed by atoms with E-state index in [9.17, 15) is 19.2 Å². The predicted octanol–water partition coefficient (Wildman–Crippen LogP) is 1.19. The number of amides is 3. The Bertz CT molecular complexity index is 748. The molecule has 1 aromatic carbocycles. The molecule has 0 radical (unpaired) electrons. The Labute approximate surface area is 157 Å². The van der Waals surface area contributed by atoms with Crippen molar-refractivity contribution in [3.63, 3.8) is 0 Å². The van der Waals surface area contributed by atoms with Gasteiger partial charge in [0, 0.05) is 6.54 Å². The number of hydrogen-bond donors (Lipinski definition) is 1. The first-order valence-electron chi connectivity index (χ1n) is 8.98. The van der Waals surface area contributed by atoms with Crippen LogP contribution in [0.4, 0.5) is 0 Å². The first-order valence-corrected chi connectivity index (χ1v) is 8.98. The zero-order valence-corrected chi connectivity index (χ0v) is 15.1. The molecule has 1 fully saturated rings. The van der Waals surface area contributed by atoms with E-state index in [1.165, 1.54) is 6.92 Å². The molecule has 0 spiro atoms. The van der Waals surface area contributed by atoms with E-state index in [-0.39, 0.29) is 11.8 Å². The molecule has 1 saturated heterocycles. The van der Waals surface area contributed by atoms with E-state index in [0.29, 0.717) is 19.4 Å². The SMILES string of the molecule is C[C@@H](C(=O)OCC(=O)NCc1ccccc1)N1C(=O)[C@H]2CC=CC[C@H]2C1=O. The number of likely N-dealkylation sites (tertiary alicyclic amines) is 1. The van der Waals surface area contributed by atoms with Gasteiger partial charge in [0.1, 0.15) is 6.04 Å². The quantitative estimate of drug-likeness (QED) is 0.461. The highest BCUT2D eigenvalue weighted by atomic mass is 16.5. The third kappa shape index (κ3) is 4.07. The summed E-state index contributed by atoms with van der Waals surface area (Å²) in [6.07, 6.45) is 4.79. The van der Waals surface area contributed by atoms with E-state index in [1.807, 2.05) is 42.5 Å². The van der Waals surface area contributed by atoms with Crippen LogP contribution in [-0.2, 0) is 30.5 Å². The topological polar surface area (TPSA) is 92.8 Å². The fourth-order valence-corrected chi connectivity index (χ4v) is 3.42. The molecule has 2 aliphatic rings. The van der Waals surface area contributed by atoms with Crippen LogP contribution in [0.1, 0.15) is 25.3 Å². The summed E-state index contributed by atoms with van der Waals surface area (Å²) in [5.74, 6) is -2.69. The first kappa shape index (κ1) is 18.8. The molecule has 0 bridgehead atoms. The lowest BCUT2D eigenvalue weighted by atomic mass is 9.85. The second kappa shape index (κ2) is 8.16. The van der Waals surface area contributed by atoms with Crippen LogP contribution in [0.5, 0.6) is 0 Å². The summed E-state index contributed by atoms with van der Waals surface area (Å²) < 4.78 is 5.00. The molecule has 7 nitrogen and oxygen atoms in total. The second-order valence-corrected chi connectivity index (χ2v) is 6.75. The van der Waals surface area contributed by atoms with Gasteiger partial charge < -0.3 is 10.1 Å². The minimum absolute atomic E-state index is 0.326. The van der Waals surface area contributed by atoms with Crippen molar-refractivity contribution in [1.82, 2.24) is 10.2 Å². The fraction of sp³-hybridized carbons (Fsp3) is 0.400. The summed E-state index contributed by atoms with van der Waals surface area (Å²) in [6.45, 7) is 1.32. The lowest BCUT2D eigenvalue weighted by Gasteiger charge is -2.21. The largest absolute Gasteiger partial charge is 0.454 e. The van der Waals surface area contributed by atoms with E-state index in [2.05, 4.69) is 5.32 Å². The highest BCUT2D eigenvalue weighted by Crippen LogP contribution is 2.36. The van der Waals surface area contributed by atoms with Crippen molar-refractivity contribution in [3.8, 4) is 0 Å². The molecule has 3 rings (SSSR count). The third-order valence-corrected chi connectivity index (χ3v) is 4.95. The highest BCUT2D eigenvalue weighted by Gasteiger charge is 2.50. The minimum atomic E-state index is -1.04. The Kier molecular flexibility index (Phi) is 5.69. The number of benzene rings is 1. The minimum Gasteiger partial charge on any atom is -0.454 e. The van der Waals surface area contributed by atoms with Crippen LogP contribution in [0.15, 0.2) is 42.5 Å². The van der Waals surface area contributed by atoms with E-state index in [1.54, 1.807) is 0 Å². The molecule has 3 amide bonds. The van der Waals surface area contributed by atoms with Crippen LogP contribution in [0, 0.1) is 11.8 Å². The van der Waals surface area contributed by atoms with Crippen LogP contribution in [0.25, 0.3) is 0 Å². The molecule has 1 aliphatic carbocycles. The molecule has 142 valence electrons. The molecular formula is C20H22N2O5. The lowest BCUT2D eigenvalue weighted by Crippen LogP contribution is -2.45.